The van der Waals surface area contributed by atoms with Crippen LogP contribution in [0.5, 0.6) is 0 Å². The smallest absolute Gasteiger partial charge is 0.325 e. The summed E-state index contributed by atoms with van der Waals surface area (Å²) in [5.74, 6) is -3.32. The van der Waals surface area contributed by atoms with Crippen molar-refractivity contribution in [2.45, 2.75) is 6.04 Å². The van der Waals surface area contributed by atoms with Gasteiger partial charge in [0, 0.05) is 5.56 Å². The average Bonchev–Trinajstić information content (AvgIpc) is 2.12. The van der Waals surface area contributed by atoms with Crippen LogP contribution in [0, 0.1) is 11.6 Å². The van der Waals surface area contributed by atoms with E-state index in [1.807, 2.05) is 0 Å². The Morgan fingerprint density at radius 2 is 1.93 bits per heavy atom. The van der Waals surface area contributed by atoms with Crippen molar-refractivity contribution in [2.24, 2.45) is 5.73 Å². The zero-order valence-corrected chi connectivity index (χ0v) is 7.55. The number of carbonyl (C=O) groups is 1. The quantitative estimate of drug-likeness (QED) is 0.748. The molecule has 1 aromatic rings. The number of carboxylic acids is 1. The second-order valence-electron chi connectivity index (χ2n) is 2.57. The number of nitrogens with two attached hydrogens (primary N) is 1. The molecular weight excluding hydrogens is 216 g/mol. The monoisotopic (exact) mass is 221 g/mol. The number of carboxylic acid groups (broad SMARTS) is 1. The van der Waals surface area contributed by atoms with E-state index in [2.05, 4.69) is 0 Å². The van der Waals surface area contributed by atoms with E-state index in [1.54, 1.807) is 0 Å². The molecule has 0 amide bonds. The molecule has 0 aliphatic heterocycles. The van der Waals surface area contributed by atoms with Gasteiger partial charge in [0.2, 0.25) is 0 Å². The van der Waals surface area contributed by atoms with Crippen molar-refractivity contribution in [1.82, 2.24) is 0 Å². The highest BCUT2D eigenvalue weighted by molar-refractivity contribution is 6.31. The third-order valence-corrected chi connectivity index (χ3v) is 2.04. The predicted octanol–water partition coefficient (Wildman–Crippen LogP) is 1.70. The van der Waals surface area contributed by atoms with E-state index in [4.69, 9.17) is 22.4 Å². The Morgan fingerprint density at radius 1 is 1.43 bits per heavy atom. The van der Waals surface area contributed by atoms with E-state index >= 15 is 0 Å². The van der Waals surface area contributed by atoms with Gasteiger partial charge in [-0.1, -0.05) is 11.6 Å². The Bertz CT molecular complexity index is 384. The molecule has 3 N–H and O–H groups in total. The largest absolute Gasteiger partial charge is 0.480 e. The van der Waals surface area contributed by atoms with Crippen LogP contribution >= 0.6 is 11.6 Å². The lowest BCUT2D eigenvalue weighted by Gasteiger charge is -2.10. The maximum absolute atomic E-state index is 13.0. The van der Waals surface area contributed by atoms with Crippen LogP contribution in [0.25, 0.3) is 0 Å². The van der Waals surface area contributed by atoms with Gasteiger partial charge in [0.1, 0.15) is 17.7 Å². The van der Waals surface area contributed by atoms with Gasteiger partial charge in [-0.25, -0.2) is 8.78 Å². The first kappa shape index (κ1) is 10.9. The van der Waals surface area contributed by atoms with Gasteiger partial charge in [-0.05, 0) is 12.1 Å². The summed E-state index contributed by atoms with van der Waals surface area (Å²) in [5.41, 5.74) is 4.58. The summed E-state index contributed by atoms with van der Waals surface area (Å²) < 4.78 is 25.9. The first-order chi connectivity index (χ1) is 6.45. The molecule has 0 saturated carbocycles. The second-order valence-corrected chi connectivity index (χ2v) is 2.95. The van der Waals surface area contributed by atoms with Crippen LogP contribution in [0.4, 0.5) is 8.78 Å². The zero-order chi connectivity index (χ0) is 10.9. The molecule has 0 saturated heterocycles. The second kappa shape index (κ2) is 3.89. The van der Waals surface area contributed by atoms with E-state index < -0.39 is 34.2 Å². The fraction of sp³-hybridized carbons (Fsp3) is 0.125. The topological polar surface area (TPSA) is 63.3 Å². The van der Waals surface area contributed by atoms with Gasteiger partial charge in [-0.2, -0.15) is 0 Å². The summed E-state index contributed by atoms with van der Waals surface area (Å²) in [6, 6.07) is -0.0899. The van der Waals surface area contributed by atoms with Gasteiger partial charge >= 0.3 is 5.97 Å². The van der Waals surface area contributed by atoms with Crippen LogP contribution in [-0.2, 0) is 4.79 Å². The van der Waals surface area contributed by atoms with E-state index in [1.165, 1.54) is 0 Å². The summed E-state index contributed by atoms with van der Waals surface area (Å²) in [5, 5.41) is 7.91. The van der Waals surface area contributed by atoms with Gasteiger partial charge in [0.05, 0.1) is 5.02 Å². The molecule has 0 heterocycles. The summed E-state index contributed by atoms with van der Waals surface area (Å²) in [6.45, 7) is 0. The highest BCUT2D eigenvalue weighted by Crippen LogP contribution is 2.27. The molecule has 0 bridgehead atoms. The van der Waals surface area contributed by atoms with Crippen LogP contribution in [0.1, 0.15) is 11.6 Å². The van der Waals surface area contributed by atoms with Crippen molar-refractivity contribution < 1.29 is 18.7 Å². The van der Waals surface area contributed by atoms with Crippen LogP contribution in [0.15, 0.2) is 12.1 Å². The van der Waals surface area contributed by atoms with Gasteiger partial charge in [-0.15, -0.1) is 0 Å². The molecule has 1 atom stereocenters. The minimum Gasteiger partial charge on any atom is -0.480 e. The Morgan fingerprint density at radius 3 is 2.43 bits per heavy atom. The molecule has 6 heteroatoms. The van der Waals surface area contributed by atoms with Gasteiger partial charge < -0.3 is 10.8 Å². The van der Waals surface area contributed by atoms with Gasteiger partial charge in [-0.3, -0.25) is 4.79 Å². The van der Waals surface area contributed by atoms with E-state index in [0.717, 1.165) is 12.1 Å². The molecule has 0 fully saturated rings. The number of halogens is 3. The first-order valence-electron chi connectivity index (χ1n) is 3.57. The van der Waals surface area contributed by atoms with Crippen LogP contribution in [0.2, 0.25) is 5.02 Å². The Hall–Kier alpha value is -1.20. The minimum atomic E-state index is -1.67. The fourth-order valence-corrected chi connectivity index (χ4v) is 1.22. The molecule has 76 valence electrons. The van der Waals surface area contributed by atoms with E-state index in [-0.39, 0.29) is 0 Å². The zero-order valence-electron chi connectivity index (χ0n) is 6.80. The Balaban J connectivity index is 3.32. The third kappa shape index (κ3) is 1.83. The maximum atomic E-state index is 13.0. The highest BCUT2D eigenvalue weighted by Gasteiger charge is 2.23. The van der Waals surface area contributed by atoms with Crippen LogP contribution in [-0.4, -0.2) is 11.1 Å². The first-order valence-corrected chi connectivity index (χ1v) is 3.94. The number of benzene rings is 1. The van der Waals surface area contributed by atoms with Crippen molar-refractivity contribution in [2.75, 3.05) is 0 Å². The van der Waals surface area contributed by atoms with Gasteiger partial charge in [0.15, 0.2) is 0 Å². The highest BCUT2D eigenvalue weighted by atomic mass is 35.5. The number of rotatable bonds is 2. The molecule has 0 aliphatic rings. The molecule has 3 nitrogen and oxygen atoms in total. The molecule has 0 radical (unpaired) electrons. The Labute approximate surface area is 83.1 Å². The van der Waals surface area contributed by atoms with Gasteiger partial charge in [0.25, 0.3) is 0 Å². The van der Waals surface area contributed by atoms with Crippen molar-refractivity contribution >= 4 is 17.6 Å². The van der Waals surface area contributed by atoms with Crippen LogP contribution in [0.3, 0.4) is 0 Å². The summed E-state index contributed by atoms with van der Waals surface area (Å²) in [7, 11) is 0. The molecule has 14 heavy (non-hydrogen) atoms. The lowest BCUT2D eigenvalue weighted by atomic mass is 10.1. The minimum absolute atomic E-state index is 0.542. The average molecular weight is 222 g/mol. The molecular formula is C8H6ClF2NO2. The number of aliphatic carboxylic acids is 1. The lowest BCUT2D eigenvalue weighted by Crippen LogP contribution is -2.22. The molecule has 1 rings (SSSR count). The van der Waals surface area contributed by atoms with Crippen molar-refractivity contribution in [3.05, 3.63) is 34.4 Å². The standard InChI is InChI=1S/C8H6ClF2NO2/c9-6-4(11)2-1-3(10)5(6)7(12)8(13)14/h1-2,7H,12H2,(H,13,14). The van der Waals surface area contributed by atoms with Crippen molar-refractivity contribution in [1.29, 1.82) is 0 Å². The van der Waals surface area contributed by atoms with Crippen molar-refractivity contribution in [3.8, 4) is 0 Å². The van der Waals surface area contributed by atoms with E-state index in [9.17, 15) is 13.6 Å². The molecule has 1 aromatic carbocycles. The number of hydrogen-bond acceptors (Lipinski definition) is 2. The summed E-state index contributed by atoms with van der Waals surface area (Å²) in [4.78, 5) is 10.4. The molecule has 0 spiro atoms. The third-order valence-electron chi connectivity index (χ3n) is 1.66. The summed E-state index contributed by atoms with van der Waals surface area (Å²) >= 11 is 5.38. The predicted molar refractivity (Wildman–Crippen MR) is 45.9 cm³/mol. The fourth-order valence-electron chi connectivity index (χ4n) is 0.951. The van der Waals surface area contributed by atoms with E-state index in [0.29, 0.717) is 0 Å². The lowest BCUT2D eigenvalue weighted by molar-refractivity contribution is -0.138. The maximum Gasteiger partial charge on any atom is 0.325 e. The SMILES string of the molecule is NC(C(=O)O)c1c(F)ccc(F)c1Cl. The van der Waals surface area contributed by atoms with Crippen molar-refractivity contribution in [3.63, 3.8) is 0 Å². The molecule has 0 aliphatic carbocycles. The Kier molecular flexibility index (Phi) is 3.03. The molecule has 0 aromatic heterocycles. The normalized spacial score (nSPS) is 12.6. The van der Waals surface area contributed by atoms with Crippen LogP contribution < -0.4 is 5.73 Å². The molecule has 1 unspecified atom stereocenters. The number of hydrogen-bond donors (Lipinski definition) is 2. The summed E-state index contributed by atoms with van der Waals surface area (Å²) in [6.07, 6.45) is 0.